The SMILES string of the molecule is Cl.[2H]C([2H])(c1ccccc1C(=O)O)C([2H])([2H])C1CCNCC1. The lowest BCUT2D eigenvalue weighted by molar-refractivity contribution is 0.0695. The minimum atomic E-state index is -2.36. The van der Waals surface area contributed by atoms with E-state index in [9.17, 15) is 9.90 Å². The molecule has 1 aliphatic rings. The lowest BCUT2D eigenvalue weighted by Crippen LogP contribution is -2.28. The maximum absolute atomic E-state index is 11.3. The predicted octanol–water partition coefficient (Wildman–Crippen LogP) is 2.74. The third-order valence-corrected chi connectivity index (χ3v) is 2.91. The van der Waals surface area contributed by atoms with Crippen LogP contribution in [0, 0.1) is 5.92 Å². The van der Waals surface area contributed by atoms with Gasteiger partial charge in [0.25, 0.3) is 0 Å². The Hall–Kier alpha value is -1.06. The average Bonchev–Trinajstić information content (AvgIpc) is 2.48. The number of carboxylic acid groups (broad SMARTS) is 1. The molecule has 0 spiro atoms. The number of benzene rings is 1. The highest BCUT2D eigenvalue weighted by Crippen LogP contribution is 2.20. The third-order valence-electron chi connectivity index (χ3n) is 2.91. The summed E-state index contributed by atoms with van der Waals surface area (Å²) in [6.45, 7) is 1.31. The molecular weight excluding hydrogens is 250 g/mol. The number of hydrogen-bond donors (Lipinski definition) is 2. The Balaban J connectivity index is 0.00000242. The molecule has 0 aromatic heterocycles. The molecule has 100 valence electrons. The first-order valence-corrected chi connectivity index (χ1v) is 5.82. The molecule has 1 fully saturated rings. The van der Waals surface area contributed by atoms with Crippen LogP contribution in [0.2, 0.25) is 0 Å². The summed E-state index contributed by atoms with van der Waals surface area (Å²) in [4.78, 5) is 11.3. The fourth-order valence-corrected chi connectivity index (χ4v) is 1.92. The van der Waals surface area contributed by atoms with Crippen molar-refractivity contribution in [2.75, 3.05) is 13.1 Å². The topological polar surface area (TPSA) is 49.3 Å². The molecule has 1 heterocycles. The van der Waals surface area contributed by atoms with E-state index < -0.39 is 24.6 Å². The van der Waals surface area contributed by atoms with Crippen molar-refractivity contribution in [1.29, 1.82) is 0 Å². The van der Waals surface area contributed by atoms with Crippen molar-refractivity contribution in [2.45, 2.75) is 25.6 Å². The van der Waals surface area contributed by atoms with Gasteiger partial charge in [0, 0.05) is 5.48 Å². The van der Waals surface area contributed by atoms with Crippen LogP contribution in [-0.4, -0.2) is 24.2 Å². The lowest BCUT2D eigenvalue weighted by atomic mass is 9.90. The van der Waals surface area contributed by atoms with Gasteiger partial charge in [0.1, 0.15) is 0 Å². The van der Waals surface area contributed by atoms with Crippen molar-refractivity contribution in [3.63, 3.8) is 0 Å². The van der Waals surface area contributed by atoms with Gasteiger partial charge in [-0.2, -0.15) is 0 Å². The molecule has 0 aliphatic carbocycles. The minimum Gasteiger partial charge on any atom is -0.478 e. The quantitative estimate of drug-likeness (QED) is 0.887. The number of carboxylic acids is 1. The highest BCUT2D eigenvalue weighted by molar-refractivity contribution is 5.89. The smallest absolute Gasteiger partial charge is 0.335 e. The Morgan fingerprint density at radius 3 is 2.72 bits per heavy atom. The number of halogens is 1. The van der Waals surface area contributed by atoms with Crippen LogP contribution in [0.25, 0.3) is 0 Å². The Morgan fingerprint density at radius 2 is 2.06 bits per heavy atom. The van der Waals surface area contributed by atoms with E-state index in [4.69, 9.17) is 5.48 Å². The fraction of sp³-hybridized carbons (Fsp3) is 0.500. The third kappa shape index (κ3) is 4.00. The van der Waals surface area contributed by atoms with Crippen molar-refractivity contribution < 1.29 is 15.4 Å². The molecular formula is C14H20ClNO2. The molecule has 0 unspecified atom stereocenters. The number of aryl methyl sites for hydroxylation is 1. The van der Waals surface area contributed by atoms with Gasteiger partial charge in [-0.1, -0.05) is 18.2 Å². The Bertz CT molecular complexity index is 533. The second kappa shape index (κ2) is 7.39. The van der Waals surface area contributed by atoms with Gasteiger partial charge >= 0.3 is 5.97 Å². The second-order valence-electron chi connectivity index (χ2n) is 4.14. The first-order valence-electron chi connectivity index (χ1n) is 7.82. The summed E-state index contributed by atoms with van der Waals surface area (Å²) in [5.74, 6) is -1.67. The van der Waals surface area contributed by atoms with Crippen molar-refractivity contribution in [2.24, 2.45) is 5.92 Å². The number of carbonyl (C=O) groups is 1. The summed E-state index contributed by atoms with van der Waals surface area (Å²) in [7, 11) is 0. The molecule has 18 heavy (non-hydrogen) atoms. The molecule has 2 rings (SSSR count). The zero-order chi connectivity index (χ0) is 15.7. The van der Waals surface area contributed by atoms with Gasteiger partial charge < -0.3 is 10.4 Å². The molecule has 1 aromatic carbocycles. The van der Waals surface area contributed by atoms with Gasteiger partial charge in [0.05, 0.1) is 5.56 Å². The van der Waals surface area contributed by atoms with E-state index in [1.807, 2.05) is 0 Å². The standard InChI is InChI=1S/C14H19NO2.ClH/c16-14(17)13-4-2-1-3-12(13)6-5-11-7-9-15-10-8-11;/h1-4,11,15H,5-10H2,(H,16,17);1H/i5D2,6D2;. The largest absolute Gasteiger partial charge is 0.478 e. The Labute approximate surface area is 120 Å². The van der Waals surface area contributed by atoms with Gasteiger partial charge in [-0.25, -0.2) is 4.79 Å². The molecule has 1 saturated heterocycles. The number of piperidine rings is 1. The monoisotopic (exact) mass is 273 g/mol. The lowest BCUT2D eigenvalue weighted by Gasteiger charge is -2.22. The average molecular weight is 274 g/mol. The van der Waals surface area contributed by atoms with Gasteiger partial charge in [-0.05, 0) is 56.2 Å². The minimum absolute atomic E-state index is 0. The zero-order valence-electron chi connectivity index (χ0n) is 14.0. The maximum atomic E-state index is 11.3. The Kier molecular flexibility index (Phi) is 4.03. The van der Waals surface area contributed by atoms with Crippen LogP contribution in [-0.2, 0) is 6.37 Å². The summed E-state index contributed by atoms with van der Waals surface area (Å²) >= 11 is 0. The van der Waals surface area contributed by atoms with Crippen molar-refractivity contribution in [1.82, 2.24) is 5.32 Å². The van der Waals surface area contributed by atoms with Gasteiger partial charge in [-0.15, -0.1) is 12.4 Å². The van der Waals surface area contributed by atoms with E-state index in [0.29, 0.717) is 25.9 Å². The van der Waals surface area contributed by atoms with E-state index in [-0.39, 0.29) is 23.5 Å². The van der Waals surface area contributed by atoms with Crippen LogP contribution in [0.15, 0.2) is 24.3 Å². The molecule has 0 bridgehead atoms. The molecule has 2 N–H and O–H groups in total. The van der Waals surface area contributed by atoms with Crippen LogP contribution in [0.1, 0.15) is 40.6 Å². The molecule has 0 amide bonds. The fourth-order valence-electron chi connectivity index (χ4n) is 1.92. The first-order chi connectivity index (χ1) is 9.78. The number of nitrogens with one attached hydrogen (secondary N) is 1. The van der Waals surface area contributed by atoms with Crippen LogP contribution in [0.3, 0.4) is 0 Å². The summed E-state index contributed by atoms with van der Waals surface area (Å²) in [6, 6.07) is 5.73. The van der Waals surface area contributed by atoms with Crippen LogP contribution >= 0.6 is 12.4 Å². The number of hydrogen-bond acceptors (Lipinski definition) is 2. The number of rotatable bonds is 4. The molecule has 1 aromatic rings. The summed E-state index contributed by atoms with van der Waals surface area (Å²) < 4.78 is 33.0. The van der Waals surface area contributed by atoms with E-state index in [1.54, 1.807) is 0 Å². The van der Waals surface area contributed by atoms with Crippen LogP contribution in [0.5, 0.6) is 0 Å². The Morgan fingerprint density at radius 1 is 1.39 bits per heavy atom. The number of aromatic carboxylic acids is 1. The maximum Gasteiger partial charge on any atom is 0.335 e. The second-order valence-corrected chi connectivity index (χ2v) is 4.14. The van der Waals surface area contributed by atoms with Crippen molar-refractivity contribution in [3.8, 4) is 0 Å². The van der Waals surface area contributed by atoms with E-state index >= 15 is 0 Å². The highest BCUT2D eigenvalue weighted by Gasteiger charge is 2.15. The molecule has 0 saturated carbocycles. The van der Waals surface area contributed by atoms with Crippen LogP contribution < -0.4 is 5.32 Å². The molecule has 3 nitrogen and oxygen atoms in total. The molecule has 4 heteroatoms. The van der Waals surface area contributed by atoms with Gasteiger partial charge in [0.15, 0.2) is 0 Å². The zero-order valence-corrected chi connectivity index (χ0v) is 10.8. The first kappa shape index (κ1) is 9.82. The molecule has 0 atom stereocenters. The summed E-state index contributed by atoms with van der Waals surface area (Å²) in [6.07, 6.45) is -3.39. The summed E-state index contributed by atoms with van der Waals surface area (Å²) in [5.41, 5.74) is -0.277. The predicted molar refractivity (Wildman–Crippen MR) is 74.6 cm³/mol. The van der Waals surface area contributed by atoms with E-state index in [0.717, 1.165) is 0 Å². The molecule has 0 radical (unpaired) electrons. The normalized spacial score (nSPS) is 20.9. The van der Waals surface area contributed by atoms with E-state index in [1.165, 1.54) is 24.3 Å². The van der Waals surface area contributed by atoms with Crippen LogP contribution in [0.4, 0.5) is 0 Å². The van der Waals surface area contributed by atoms with Gasteiger partial charge in [-0.3, -0.25) is 0 Å². The van der Waals surface area contributed by atoms with Crippen molar-refractivity contribution in [3.05, 3.63) is 35.4 Å². The highest BCUT2D eigenvalue weighted by atomic mass is 35.5. The van der Waals surface area contributed by atoms with Crippen molar-refractivity contribution >= 4 is 18.4 Å². The van der Waals surface area contributed by atoms with E-state index in [2.05, 4.69) is 5.32 Å². The van der Waals surface area contributed by atoms with Gasteiger partial charge in [0.2, 0.25) is 0 Å². The molecule has 1 aliphatic heterocycles. The summed E-state index contributed by atoms with van der Waals surface area (Å²) in [5, 5.41) is 12.3.